The maximum Gasteiger partial charge on any atom is 0.301 e. The van der Waals surface area contributed by atoms with E-state index in [-0.39, 0.29) is 47.9 Å². The number of nitrogens with zero attached hydrogens (tertiary/aromatic N) is 5. The topological polar surface area (TPSA) is 194 Å². The number of hydrogen-bond donors (Lipinski definition) is 1. The van der Waals surface area contributed by atoms with Crippen LogP contribution in [0.4, 0.5) is 22.7 Å². The second kappa shape index (κ2) is 11.2. The Hall–Kier alpha value is -4.76. The van der Waals surface area contributed by atoms with E-state index in [2.05, 4.69) is 0 Å². The number of nitro benzene ring substituents is 2. The average Bonchev–Trinajstić information content (AvgIpc) is 3.36. The van der Waals surface area contributed by atoms with Gasteiger partial charge in [0.25, 0.3) is 11.8 Å². The van der Waals surface area contributed by atoms with E-state index in [9.17, 15) is 44.5 Å². The molecule has 4 aliphatic rings. The zero-order valence-corrected chi connectivity index (χ0v) is 27.5. The number of phenols is 1. The molecule has 2 saturated heterocycles. The van der Waals surface area contributed by atoms with Gasteiger partial charge >= 0.3 is 11.4 Å². The molecule has 6 atom stereocenters. The van der Waals surface area contributed by atoms with Gasteiger partial charge in [-0.1, -0.05) is 23.8 Å². The first kappa shape index (κ1) is 33.2. The minimum Gasteiger partial charge on any atom is -0.504 e. The number of ether oxygens (including phenoxy) is 1. The molecule has 17 heteroatoms. The summed E-state index contributed by atoms with van der Waals surface area (Å²) in [5.74, 6) is -7.91. The molecule has 15 nitrogen and oxygen atoms in total. The van der Waals surface area contributed by atoms with E-state index >= 15 is 0 Å². The van der Waals surface area contributed by atoms with Crippen LogP contribution < -0.4 is 14.5 Å². The molecule has 0 spiro atoms. The van der Waals surface area contributed by atoms with Crippen molar-refractivity contribution in [3.63, 3.8) is 0 Å². The second-order valence-electron chi connectivity index (χ2n) is 12.4. The monoisotopic (exact) mass is 701 g/mol. The molecule has 6 rings (SSSR count). The summed E-state index contributed by atoms with van der Waals surface area (Å²) in [5.41, 5.74) is -1.55. The lowest BCUT2D eigenvalue weighted by Gasteiger charge is -2.50. The highest BCUT2D eigenvalue weighted by molar-refractivity contribution is 6.53. The third-order valence-electron chi connectivity index (χ3n) is 9.81. The van der Waals surface area contributed by atoms with Crippen molar-refractivity contribution >= 4 is 69.6 Å². The summed E-state index contributed by atoms with van der Waals surface area (Å²) >= 11 is 14.3. The van der Waals surface area contributed by atoms with Gasteiger partial charge in [-0.2, -0.15) is 0 Å². The number of alkyl halides is 2. The zero-order valence-electron chi connectivity index (χ0n) is 26.0. The van der Waals surface area contributed by atoms with E-state index in [1.165, 1.54) is 38.2 Å². The van der Waals surface area contributed by atoms with E-state index in [0.717, 1.165) is 17.0 Å². The molecular formula is C31H29Cl2N5O10. The molecule has 1 N–H and O–H groups in total. The number of benzene rings is 2. The Morgan fingerprint density at radius 1 is 1.02 bits per heavy atom. The van der Waals surface area contributed by atoms with E-state index in [4.69, 9.17) is 27.9 Å². The summed E-state index contributed by atoms with van der Waals surface area (Å²) in [6.07, 6.45) is 1.27. The van der Waals surface area contributed by atoms with Crippen molar-refractivity contribution in [1.82, 2.24) is 4.90 Å². The minimum absolute atomic E-state index is 0.0415. The average molecular weight is 703 g/mol. The molecule has 252 valence electrons. The Morgan fingerprint density at radius 2 is 1.65 bits per heavy atom. The van der Waals surface area contributed by atoms with Gasteiger partial charge in [0.2, 0.25) is 11.8 Å². The van der Waals surface area contributed by atoms with Crippen LogP contribution in [0.25, 0.3) is 0 Å². The molecule has 1 saturated carbocycles. The van der Waals surface area contributed by atoms with Crippen LogP contribution in [0.2, 0.25) is 0 Å². The number of likely N-dealkylation sites (tertiary alicyclic amines) is 1. The summed E-state index contributed by atoms with van der Waals surface area (Å²) in [6, 6.07) is 6.46. The molecule has 0 radical (unpaired) electrons. The number of phenolic OH excluding ortho intramolecular Hbond substituents is 1. The summed E-state index contributed by atoms with van der Waals surface area (Å²) in [5, 5.41) is 35.4. The van der Waals surface area contributed by atoms with Crippen LogP contribution >= 0.6 is 23.2 Å². The molecule has 2 aliphatic heterocycles. The van der Waals surface area contributed by atoms with Gasteiger partial charge in [-0.3, -0.25) is 44.3 Å². The highest BCUT2D eigenvalue weighted by Crippen LogP contribution is 2.66. The fraction of sp³-hybridized carbons (Fsp3) is 0.419. The molecule has 2 heterocycles. The van der Waals surface area contributed by atoms with Gasteiger partial charge < -0.3 is 14.7 Å². The van der Waals surface area contributed by atoms with Crippen LogP contribution in [0.5, 0.6) is 11.5 Å². The zero-order chi connectivity index (χ0) is 35.2. The number of halogens is 2. The number of amides is 4. The van der Waals surface area contributed by atoms with Gasteiger partial charge in [0.15, 0.2) is 26.9 Å². The summed E-state index contributed by atoms with van der Waals surface area (Å²) < 4.78 is 5.57. The first-order valence-corrected chi connectivity index (χ1v) is 15.6. The van der Waals surface area contributed by atoms with Crippen LogP contribution in [-0.4, -0.2) is 81.0 Å². The van der Waals surface area contributed by atoms with Crippen LogP contribution in [0.15, 0.2) is 42.0 Å². The number of aromatic hydroxyl groups is 1. The quantitative estimate of drug-likeness (QED) is 0.145. The van der Waals surface area contributed by atoms with Gasteiger partial charge in [-0.05, 0) is 31.7 Å². The van der Waals surface area contributed by atoms with Crippen molar-refractivity contribution in [2.75, 3.05) is 37.5 Å². The molecule has 2 aliphatic carbocycles. The van der Waals surface area contributed by atoms with Crippen molar-refractivity contribution in [3.8, 4) is 11.5 Å². The largest absolute Gasteiger partial charge is 0.504 e. The molecule has 0 bridgehead atoms. The Kier molecular flexibility index (Phi) is 7.71. The van der Waals surface area contributed by atoms with Gasteiger partial charge in [-0.25, -0.2) is 4.90 Å². The number of fused-ring (bicyclic) bond motifs is 4. The predicted molar refractivity (Wildman–Crippen MR) is 171 cm³/mol. The second-order valence-corrected chi connectivity index (χ2v) is 13.6. The Bertz CT molecular complexity index is 1850. The molecule has 0 aromatic heterocycles. The van der Waals surface area contributed by atoms with E-state index in [0.29, 0.717) is 10.5 Å². The lowest BCUT2D eigenvalue weighted by Crippen LogP contribution is -2.60. The van der Waals surface area contributed by atoms with Gasteiger partial charge in [0.05, 0.1) is 34.0 Å². The summed E-state index contributed by atoms with van der Waals surface area (Å²) in [4.78, 5) is 76.6. The SMILES string of the molecule is CCOc1cccc([C@H]2C3=CC[C@@H]4C(=O)N(c5cc([N+](=O)[O-])c(N(C)C)c([N+](=O)[O-])c5)C(=O)[C@@H]4[C@@H]3C[C@@]3(Cl)C(=O)N(C)C(=O)[C@@]23Cl)c1O. The van der Waals surface area contributed by atoms with Gasteiger partial charge in [0.1, 0.15) is 0 Å². The van der Waals surface area contributed by atoms with Crippen LogP contribution in [0, 0.1) is 38.0 Å². The molecule has 48 heavy (non-hydrogen) atoms. The molecule has 2 aromatic rings. The van der Waals surface area contributed by atoms with Crippen molar-refractivity contribution < 1.29 is 38.9 Å². The standard InChI is InChI=1S/C31H29Cl2N5O10/c1-5-48-21-8-6-7-17(25(21)39)23-15-9-10-16-22(18(15)13-30(32)28(42)35(4)29(43)31(23,30)33)27(41)36(26(16)40)14-11-19(37(44)45)24(34(2)3)20(12-14)38(46)47/h6-9,11-12,16,18,22-23,39H,5,10,13H2,1-4H3/t16-,18+,22-,23+,30+,31-/m0/s1. The van der Waals surface area contributed by atoms with Gasteiger partial charge in [-0.15, -0.1) is 23.2 Å². The first-order chi connectivity index (χ1) is 22.5. The lowest BCUT2D eigenvalue weighted by atomic mass is 9.56. The van der Waals surface area contributed by atoms with Crippen LogP contribution in [-0.2, 0) is 19.2 Å². The molecular weight excluding hydrogens is 673 g/mol. The first-order valence-electron chi connectivity index (χ1n) is 14.9. The smallest absolute Gasteiger partial charge is 0.301 e. The third-order valence-corrected chi connectivity index (χ3v) is 11.2. The highest BCUT2D eigenvalue weighted by Gasteiger charge is 2.76. The number of para-hydroxylation sites is 1. The fourth-order valence-electron chi connectivity index (χ4n) is 7.84. The van der Waals surface area contributed by atoms with Crippen molar-refractivity contribution in [1.29, 1.82) is 0 Å². The Labute approximate surface area is 282 Å². The normalized spacial score (nSPS) is 29.3. The van der Waals surface area contributed by atoms with Gasteiger partial charge in [0, 0.05) is 44.8 Å². The Morgan fingerprint density at radius 3 is 2.21 bits per heavy atom. The van der Waals surface area contributed by atoms with E-state index < -0.39 is 78.3 Å². The Balaban J connectivity index is 1.52. The van der Waals surface area contributed by atoms with Crippen molar-refractivity contribution in [2.45, 2.75) is 35.4 Å². The van der Waals surface area contributed by atoms with Crippen molar-refractivity contribution in [2.24, 2.45) is 17.8 Å². The maximum atomic E-state index is 14.3. The number of anilines is 2. The summed E-state index contributed by atoms with van der Waals surface area (Å²) in [7, 11) is 4.00. The number of carbonyl (C=O) groups is 4. The number of imide groups is 2. The number of rotatable bonds is 7. The lowest BCUT2D eigenvalue weighted by molar-refractivity contribution is -0.392. The maximum absolute atomic E-state index is 14.3. The van der Waals surface area contributed by atoms with Crippen LogP contribution in [0.1, 0.15) is 31.2 Å². The van der Waals surface area contributed by atoms with Crippen LogP contribution in [0.3, 0.4) is 0 Å². The van der Waals surface area contributed by atoms with E-state index in [1.54, 1.807) is 19.1 Å². The highest BCUT2D eigenvalue weighted by atomic mass is 35.5. The van der Waals surface area contributed by atoms with E-state index in [1.807, 2.05) is 0 Å². The minimum atomic E-state index is -2.15. The number of nitro groups is 2. The predicted octanol–water partition coefficient (Wildman–Crippen LogP) is 3.87. The summed E-state index contributed by atoms with van der Waals surface area (Å²) in [6.45, 7) is 1.90. The number of carbonyl (C=O) groups excluding carboxylic acids is 4. The van der Waals surface area contributed by atoms with Crippen molar-refractivity contribution in [3.05, 3.63) is 67.8 Å². The molecule has 2 aromatic carbocycles. The number of hydrogen-bond acceptors (Lipinski definition) is 11. The number of allylic oxidation sites excluding steroid dienone is 2. The third kappa shape index (κ3) is 4.26. The molecule has 3 fully saturated rings. The molecule has 0 unspecified atom stereocenters. The fourth-order valence-corrected chi connectivity index (χ4v) is 8.85. The molecule has 4 amide bonds.